The van der Waals surface area contributed by atoms with E-state index in [2.05, 4.69) is 29.7 Å². The summed E-state index contributed by atoms with van der Waals surface area (Å²) in [7, 11) is 0. The average molecular weight is 374 g/mol. The zero-order chi connectivity index (χ0) is 20.2. The van der Waals surface area contributed by atoms with Crippen LogP contribution in [0.3, 0.4) is 0 Å². The topological polar surface area (TPSA) is 64.3 Å². The first-order chi connectivity index (χ1) is 13.4. The van der Waals surface area contributed by atoms with Crippen LogP contribution in [0.15, 0.2) is 84.9 Å². The lowest BCUT2D eigenvalue weighted by Gasteiger charge is -2.41. The number of nitrogen functional groups attached to an aromatic ring is 1. The number of hydrogen-bond acceptors (Lipinski definition) is 3. The second-order valence-corrected chi connectivity index (χ2v) is 7.68. The highest BCUT2D eigenvalue weighted by Gasteiger charge is 2.40. The molecule has 3 rings (SSSR count). The molecule has 0 radical (unpaired) electrons. The summed E-state index contributed by atoms with van der Waals surface area (Å²) in [5, 5.41) is 0. The highest BCUT2D eigenvalue weighted by atomic mass is 16.5. The van der Waals surface area contributed by atoms with Gasteiger partial charge in [0.25, 0.3) is 5.91 Å². The van der Waals surface area contributed by atoms with Crippen LogP contribution in [0.4, 0.5) is 0 Å². The Hall–Kier alpha value is -2.95. The molecular formula is C24H26N2O2. The van der Waals surface area contributed by atoms with E-state index in [1.165, 1.54) is 0 Å². The molecule has 28 heavy (non-hydrogen) atoms. The highest BCUT2D eigenvalue weighted by Crippen LogP contribution is 2.43. The number of hydrogen-bond donors (Lipinski definition) is 2. The van der Waals surface area contributed by atoms with Gasteiger partial charge in [0.1, 0.15) is 5.60 Å². The molecule has 0 saturated heterocycles. The Morgan fingerprint density at radius 1 is 0.750 bits per heavy atom. The summed E-state index contributed by atoms with van der Waals surface area (Å²) in [5.74, 6) is 4.94. The number of rotatable bonds is 5. The standard InChI is InChI=1S/C24H26N2O2/c1-23(2,3)28-24(19-10-6-4-7-11-19,20-12-8-5-9-13-20)21-16-14-18(15-17-21)22(27)26-25/h4-17H,25H2,1-3H3,(H,26,27). The Morgan fingerprint density at radius 2 is 1.18 bits per heavy atom. The van der Waals surface area contributed by atoms with Crippen LogP contribution in [0.2, 0.25) is 0 Å². The summed E-state index contributed by atoms with van der Waals surface area (Å²) in [5.41, 5.74) is 4.41. The number of carbonyl (C=O) groups is 1. The number of amides is 1. The quantitative estimate of drug-likeness (QED) is 0.301. The van der Waals surface area contributed by atoms with Gasteiger partial charge >= 0.3 is 0 Å². The van der Waals surface area contributed by atoms with Gasteiger partial charge in [0, 0.05) is 5.56 Å². The van der Waals surface area contributed by atoms with Crippen molar-refractivity contribution < 1.29 is 9.53 Å². The highest BCUT2D eigenvalue weighted by molar-refractivity contribution is 5.93. The lowest BCUT2D eigenvalue weighted by Crippen LogP contribution is -2.40. The largest absolute Gasteiger partial charge is 0.355 e. The zero-order valence-corrected chi connectivity index (χ0v) is 16.5. The number of hydrazine groups is 1. The molecule has 3 aromatic rings. The Morgan fingerprint density at radius 3 is 1.57 bits per heavy atom. The van der Waals surface area contributed by atoms with E-state index in [1.54, 1.807) is 12.1 Å². The third kappa shape index (κ3) is 3.98. The minimum absolute atomic E-state index is 0.326. The van der Waals surface area contributed by atoms with Crippen molar-refractivity contribution in [2.75, 3.05) is 0 Å². The molecule has 3 aromatic carbocycles. The molecule has 1 amide bonds. The molecule has 0 atom stereocenters. The molecule has 0 bridgehead atoms. The maximum atomic E-state index is 11.9. The molecule has 3 N–H and O–H groups in total. The van der Waals surface area contributed by atoms with Crippen molar-refractivity contribution in [3.05, 3.63) is 107 Å². The first-order valence-corrected chi connectivity index (χ1v) is 9.29. The number of nitrogens with one attached hydrogen (secondary N) is 1. The minimum Gasteiger partial charge on any atom is -0.355 e. The van der Waals surface area contributed by atoms with Crippen LogP contribution in [0, 0.1) is 0 Å². The fourth-order valence-corrected chi connectivity index (χ4v) is 3.42. The van der Waals surface area contributed by atoms with E-state index < -0.39 is 11.2 Å². The summed E-state index contributed by atoms with van der Waals surface area (Å²) in [6.07, 6.45) is 0. The minimum atomic E-state index is -0.821. The molecule has 4 heteroatoms. The molecule has 0 aliphatic carbocycles. The third-order valence-corrected chi connectivity index (χ3v) is 4.50. The van der Waals surface area contributed by atoms with E-state index in [1.807, 2.05) is 69.3 Å². The van der Waals surface area contributed by atoms with Crippen molar-refractivity contribution in [1.29, 1.82) is 0 Å². The van der Waals surface area contributed by atoms with Gasteiger partial charge in [-0.15, -0.1) is 0 Å². The van der Waals surface area contributed by atoms with Gasteiger partial charge in [-0.1, -0.05) is 72.8 Å². The van der Waals surface area contributed by atoms with Gasteiger partial charge in [-0.3, -0.25) is 10.2 Å². The molecule has 0 aliphatic rings. The maximum Gasteiger partial charge on any atom is 0.265 e. The predicted molar refractivity (Wildman–Crippen MR) is 112 cm³/mol. The van der Waals surface area contributed by atoms with Gasteiger partial charge in [0.05, 0.1) is 5.60 Å². The second-order valence-electron chi connectivity index (χ2n) is 7.68. The fraction of sp³-hybridized carbons (Fsp3) is 0.208. The van der Waals surface area contributed by atoms with E-state index in [9.17, 15) is 4.79 Å². The van der Waals surface area contributed by atoms with Crippen molar-refractivity contribution in [3.63, 3.8) is 0 Å². The Bertz CT molecular complexity index is 875. The van der Waals surface area contributed by atoms with Crippen LogP contribution in [0.5, 0.6) is 0 Å². The molecule has 4 nitrogen and oxygen atoms in total. The normalized spacial score (nSPS) is 11.9. The molecule has 0 fully saturated rings. The summed E-state index contributed by atoms with van der Waals surface area (Å²) in [4.78, 5) is 11.9. The lowest BCUT2D eigenvalue weighted by molar-refractivity contribution is -0.0917. The zero-order valence-electron chi connectivity index (χ0n) is 16.5. The number of nitrogens with two attached hydrogens (primary N) is 1. The molecule has 0 aliphatic heterocycles. The van der Waals surface area contributed by atoms with Crippen LogP contribution < -0.4 is 11.3 Å². The van der Waals surface area contributed by atoms with Crippen LogP contribution in [-0.4, -0.2) is 11.5 Å². The summed E-state index contributed by atoms with van der Waals surface area (Å²) >= 11 is 0. The first kappa shape index (κ1) is 19.8. The fourth-order valence-electron chi connectivity index (χ4n) is 3.42. The van der Waals surface area contributed by atoms with Crippen LogP contribution in [0.1, 0.15) is 47.8 Å². The Balaban J connectivity index is 2.27. The van der Waals surface area contributed by atoms with Gasteiger partial charge in [-0.25, -0.2) is 5.84 Å². The maximum absolute atomic E-state index is 11.9. The van der Waals surface area contributed by atoms with E-state index in [4.69, 9.17) is 10.6 Å². The summed E-state index contributed by atoms with van der Waals surface area (Å²) < 4.78 is 6.79. The number of benzene rings is 3. The molecule has 144 valence electrons. The predicted octanol–water partition coefficient (Wildman–Crippen LogP) is 4.40. The van der Waals surface area contributed by atoms with E-state index in [0.717, 1.165) is 16.7 Å². The van der Waals surface area contributed by atoms with E-state index in [0.29, 0.717) is 5.56 Å². The first-order valence-electron chi connectivity index (χ1n) is 9.29. The van der Waals surface area contributed by atoms with Gasteiger partial charge in [-0.05, 0) is 49.6 Å². The lowest BCUT2D eigenvalue weighted by atomic mass is 9.79. The van der Waals surface area contributed by atoms with Crippen molar-refractivity contribution in [2.45, 2.75) is 32.0 Å². The van der Waals surface area contributed by atoms with Crippen LogP contribution in [-0.2, 0) is 10.3 Å². The van der Waals surface area contributed by atoms with Gasteiger partial charge in [0.15, 0.2) is 0 Å². The van der Waals surface area contributed by atoms with Gasteiger partial charge < -0.3 is 4.74 Å². The van der Waals surface area contributed by atoms with Crippen LogP contribution >= 0.6 is 0 Å². The smallest absolute Gasteiger partial charge is 0.265 e. The van der Waals surface area contributed by atoms with Gasteiger partial charge in [-0.2, -0.15) is 0 Å². The third-order valence-electron chi connectivity index (χ3n) is 4.50. The Labute approximate surface area is 166 Å². The Kier molecular flexibility index (Phi) is 5.63. The number of ether oxygens (including phenoxy) is 1. The van der Waals surface area contributed by atoms with Gasteiger partial charge in [0.2, 0.25) is 0 Å². The molecule has 0 spiro atoms. The van der Waals surface area contributed by atoms with Crippen molar-refractivity contribution in [3.8, 4) is 0 Å². The summed E-state index contributed by atoms with van der Waals surface area (Å²) in [6.45, 7) is 6.14. The van der Waals surface area contributed by atoms with Crippen LogP contribution in [0.25, 0.3) is 0 Å². The summed E-state index contributed by atoms with van der Waals surface area (Å²) in [6, 6.07) is 27.7. The molecular weight excluding hydrogens is 348 g/mol. The average Bonchev–Trinajstić information content (AvgIpc) is 2.72. The molecule has 0 aromatic heterocycles. The molecule has 0 heterocycles. The van der Waals surface area contributed by atoms with Crippen molar-refractivity contribution in [2.24, 2.45) is 5.84 Å². The number of carbonyl (C=O) groups excluding carboxylic acids is 1. The van der Waals surface area contributed by atoms with E-state index >= 15 is 0 Å². The molecule has 0 saturated carbocycles. The molecule has 0 unspecified atom stereocenters. The van der Waals surface area contributed by atoms with Crippen molar-refractivity contribution >= 4 is 5.91 Å². The SMILES string of the molecule is CC(C)(C)OC(c1ccccc1)(c1ccccc1)c1ccc(C(=O)NN)cc1. The van der Waals surface area contributed by atoms with Crippen molar-refractivity contribution in [1.82, 2.24) is 5.43 Å². The second kappa shape index (κ2) is 7.97. The monoisotopic (exact) mass is 374 g/mol. The van der Waals surface area contributed by atoms with E-state index in [-0.39, 0.29) is 5.91 Å².